The number of carboxylic acids is 1. The summed E-state index contributed by atoms with van der Waals surface area (Å²) in [5.41, 5.74) is 2.81. The first-order valence-electron chi connectivity index (χ1n) is 12.6. The SMILES string of the molecule is Cc1ccc(NCC2CC(OCC(=O)NCC(NS(=O)(=O)c3c(C)cc(C)cc3C)C(=O)O)CN2C(=O)O)nc1. The van der Waals surface area contributed by atoms with Gasteiger partial charge in [0.15, 0.2) is 0 Å². The van der Waals surface area contributed by atoms with E-state index in [0.717, 1.165) is 11.1 Å². The molecule has 14 heteroatoms. The molecule has 5 N–H and O–H groups in total. The van der Waals surface area contributed by atoms with Gasteiger partial charge in [-0.15, -0.1) is 0 Å². The zero-order valence-electron chi connectivity index (χ0n) is 22.8. The number of likely N-dealkylation sites (tertiary alicyclic amines) is 1. The molecule has 1 fully saturated rings. The van der Waals surface area contributed by atoms with Crippen LogP contribution in [0, 0.1) is 27.7 Å². The molecule has 218 valence electrons. The van der Waals surface area contributed by atoms with Crippen LogP contribution < -0.4 is 15.4 Å². The second-order valence-electron chi connectivity index (χ2n) is 9.90. The van der Waals surface area contributed by atoms with E-state index in [-0.39, 0.29) is 11.4 Å². The molecular formula is C26H35N5O8S. The number of carboxylic acid groups (broad SMARTS) is 2. The van der Waals surface area contributed by atoms with Crippen molar-refractivity contribution in [3.05, 3.63) is 52.7 Å². The van der Waals surface area contributed by atoms with Crippen LogP contribution in [0.25, 0.3) is 0 Å². The van der Waals surface area contributed by atoms with Crippen LogP contribution in [0.1, 0.15) is 28.7 Å². The highest BCUT2D eigenvalue weighted by molar-refractivity contribution is 7.89. The lowest BCUT2D eigenvalue weighted by Crippen LogP contribution is -2.49. The molecule has 3 rings (SSSR count). The molecule has 40 heavy (non-hydrogen) atoms. The van der Waals surface area contributed by atoms with Crippen LogP contribution in [0.4, 0.5) is 10.6 Å². The number of aromatic nitrogens is 1. The number of rotatable bonds is 12. The number of carbonyl (C=O) groups excluding carboxylic acids is 1. The number of carbonyl (C=O) groups is 3. The molecule has 2 aromatic rings. The van der Waals surface area contributed by atoms with Crippen molar-refractivity contribution in [1.29, 1.82) is 0 Å². The number of aryl methyl sites for hydroxylation is 4. The monoisotopic (exact) mass is 577 g/mol. The number of aliphatic carboxylic acids is 1. The van der Waals surface area contributed by atoms with Gasteiger partial charge in [-0.3, -0.25) is 9.59 Å². The van der Waals surface area contributed by atoms with Crippen LogP contribution in [0.2, 0.25) is 0 Å². The van der Waals surface area contributed by atoms with Gasteiger partial charge < -0.3 is 30.5 Å². The van der Waals surface area contributed by atoms with Gasteiger partial charge >= 0.3 is 12.1 Å². The first kappa shape index (κ1) is 30.8. The third kappa shape index (κ3) is 8.13. The molecule has 0 saturated carbocycles. The Morgan fingerprint density at radius 2 is 1.77 bits per heavy atom. The average Bonchev–Trinajstić information content (AvgIpc) is 3.27. The molecule has 13 nitrogen and oxygen atoms in total. The molecule has 0 aliphatic carbocycles. The highest BCUT2D eigenvalue weighted by Gasteiger charge is 2.36. The van der Waals surface area contributed by atoms with Crippen molar-refractivity contribution < 1.29 is 37.8 Å². The minimum Gasteiger partial charge on any atom is -0.480 e. The number of ether oxygens (including phenoxy) is 1. The number of anilines is 1. The zero-order valence-corrected chi connectivity index (χ0v) is 23.6. The van der Waals surface area contributed by atoms with Crippen LogP contribution in [0.5, 0.6) is 0 Å². The smallest absolute Gasteiger partial charge is 0.407 e. The van der Waals surface area contributed by atoms with E-state index >= 15 is 0 Å². The first-order chi connectivity index (χ1) is 18.8. The number of sulfonamides is 1. The number of amides is 2. The van der Waals surface area contributed by atoms with E-state index in [4.69, 9.17) is 4.74 Å². The van der Waals surface area contributed by atoms with Crippen LogP contribution >= 0.6 is 0 Å². The van der Waals surface area contributed by atoms with Gasteiger partial charge in [0.25, 0.3) is 0 Å². The van der Waals surface area contributed by atoms with E-state index in [0.29, 0.717) is 29.9 Å². The van der Waals surface area contributed by atoms with Crippen LogP contribution in [0.15, 0.2) is 35.4 Å². The summed E-state index contributed by atoms with van der Waals surface area (Å²) in [4.78, 5) is 41.3. The Balaban J connectivity index is 1.52. The number of benzene rings is 1. The number of hydrogen-bond acceptors (Lipinski definition) is 8. The lowest BCUT2D eigenvalue weighted by Gasteiger charge is -2.21. The molecule has 1 saturated heterocycles. The van der Waals surface area contributed by atoms with E-state index in [1.807, 2.05) is 19.9 Å². The van der Waals surface area contributed by atoms with Gasteiger partial charge in [-0.1, -0.05) is 23.8 Å². The summed E-state index contributed by atoms with van der Waals surface area (Å²) >= 11 is 0. The molecule has 0 bridgehead atoms. The molecule has 3 unspecified atom stereocenters. The van der Waals surface area contributed by atoms with E-state index in [9.17, 15) is 33.0 Å². The van der Waals surface area contributed by atoms with Gasteiger partial charge in [-0.2, -0.15) is 4.72 Å². The van der Waals surface area contributed by atoms with Crippen molar-refractivity contribution in [3.8, 4) is 0 Å². The maximum atomic E-state index is 12.9. The fraction of sp³-hybridized carbons (Fsp3) is 0.462. The van der Waals surface area contributed by atoms with Crippen molar-refractivity contribution in [2.75, 3.05) is 31.6 Å². The number of hydrogen-bond donors (Lipinski definition) is 5. The lowest BCUT2D eigenvalue weighted by atomic mass is 10.1. The summed E-state index contributed by atoms with van der Waals surface area (Å²) in [5.74, 6) is -1.52. The Labute approximate surface area is 233 Å². The fourth-order valence-electron chi connectivity index (χ4n) is 4.69. The fourth-order valence-corrected chi connectivity index (χ4v) is 6.34. The maximum absolute atomic E-state index is 12.9. The van der Waals surface area contributed by atoms with E-state index in [1.54, 1.807) is 38.2 Å². The Bertz CT molecular complexity index is 1330. The number of nitrogens with one attached hydrogen (secondary N) is 3. The third-order valence-electron chi connectivity index (χ3n) is 6.47. The van der Waals surface area contributed by atoms with E-state index in [1.165, 1.54) is 4.90 Å². The van der Waals surface area contributed by atoms with Crippen molar-refractivity contribution >= 4 is 33.8 Å². The quantitative estimate of drug-likeness (QED) is 0.247. The predicted octanol–water partition coefficient (Wildman–Crippen LogP) is 1.41. The van der Waals surface area contributed by atoms with Crippen molar-refractivity contribution in [1.82, 2.24) is 19.9 Å². The second-order valence-corrected chi connectivity index (χ2v) is 11.6. The Morgan fingerprint density at radius 3 is 2.35 bits per heavy atom. The Morgan fingerprint density at radius 1 is 1.10 bits per heavy atom. The average molecular weight is 578 g/mol. The summed E-state index contributed by atoms with van der Waals surface area (Å²) in [7, 11) is -4.19. The predicted molar refractivity (Wildman–Crippen MR) is 146 cm³/mol. The van der Waals surface area contributed by atoms with Crippen molar-refractivity contribution in [2.45, 2.75) is 57.2 Å². The van der Waals surface area contributed by atoms with Gasteiger partial charge in [0, 0.05) is 19.3 Å². The van der Waals surface area contributed by atoms with Gasteiger partial charge in [0.2, 0.25) is 15.9 Å². The topological polar surface area (TPSA) is 187 Å². The molecule has 2 heterocycles. The molecule has 1 aromatic heterocycles. The van der Waals surface area contributed by atoms with Crippen LogP contribution in [-0.4, -0.2) is 90.9 Å². The molecule has 3 atom stereocenters. The summed E-state index contributed by atoms with van der Waals surface area (Å²) < 4.78 is 33.6. The molecule has 1 aliphatic rings. The third-order valence-corrected chi connectivity index (χ3v) is 8.25. The minimum absolute atomic E-state index is 0.00886. The van der Waals surface area contributed by atoms with Crippen LogP contribution in [-0.2, 0) is 24.3 Å². The first-order valence-corrected chi connectivity index (χ1v) is 14.1. The number of pyridine rings is 1. The summed E-state index contributed by atoms with van der Waals surface area (Å²) in [5, 5.41) is 24.6. The Hall–Kier alpha value is -3.75. The van der Waals surface area contributed by atoms with Gasteiger partial charge in [0.1, 0.15) is 18.5 Å². The molecule has 2 amide bonds. The summed E-state index contributed by atoms with van der Waals surface area (Å²) in [6.07, 6.45) is 0.363. The van der Waals surface area contributed by atoms with Crippen LogP contribution in [0.3, 0.4) is 0 Å². The number of nitrogens with zero attached hydrogens (tertiary/aromatic N) is 2. The highest BCUT2D eigenvalue weighted by atomic mass is 32.2. The minimum atomic E-state index is -4.19. The standard InChI is InChI=1S/C26H35N5O8S/c1-15-5-6-22(27-10-15)28-11-19-9-20(13-31(19)26(35)36)39-14-23(32)29-12-21(25(33)34)30-40(37,38)24-17(3)7-16(2)8-18(24)4/h5-8,10,19-21,30H,9,11-14H2,1-4H3,(H,27,28)(H,29,32)(H,33,34)(H,35,36). The molecule has 0 radical (unpaired) electrons. The summed E-state index contributed by atoms with van der Waals surface area (Å²) in [6, 6.07) is 5.02. The molecular weight excluding hydrogens is 542 g/mol. The normalized spacial score (nSPS) is 17.9. The van der Waals surface area contributed by atoms with Gasteiger partial charge in [-0.25, -0.2) is 18.2 Å². The van der Waals surface area contributed by atoms with Crippen molar-refractivity contribution in [3.63, 3.8) is 0 Å². The second kappa shape index (κ2) is 13.1. The highest BCUT2D eigenvalue weighted by Crippen LogP contribution is 2.23. The summed E-state index contributed by atoms with van der Waals surface area (Å²) in [6.45, 7) is 6.38. The molecule has 0 spiro atoms. The zero-order chi connectivity index (χ0) is 29.6. The van der Waals surface area contributed by atoms with Crippen molar-refractivity contribution in [2.24, 2.45) is 0 Å². The molecule has 1 aromatic carbocycles. The Kier molecular flexibility index (Phi) is 10.1. The maximum Gasteiger partial charge on any atom is 0.407 e. The largest absolute Gasteiger partial charge is 0.480 e. The molecule has 1 aliphatic heterocycles. The van der Waals surface area contributed by atoms with Gasteiger partial charge in [-0.05, 0) is 56.9 Å². The van der Waals surface area contributed by atoms with E-state index in [2.05, 4.69) is 20.3 Å². The van der Waals surface area contributed by atoms with Gasteiger partial charge in [0.05, 0.1) is 23.6 Å². The van der Waals surface area contributed by atoms with E-state index < -0.39 is 59.3 Å². The lowest BCUT2D eigenvalue weighted by molar-refractivity contribution is -0.139.